The van der Waals surface area contributed by atoms with Crippen molar-refractivity contribution in [2.75, 3.05) is 19.0 Å². The molecule has 2 aromatic rings. The van der Waals surface area contributed by atoms with Gasteiger partial charge in [0.15, 0.2) is 11.4 Å². The summed E-state index contributed by atoms with van der Waals surface area (Å²) in [6.07, 6.45) is -0.996. The molecule has 3 aliphatic carbocycles. The summed E-state index contributed by atoms with van der Waals surface area (Å²) in [7, 11) is 3.50. The summed E-state index contributed by atoms with van der Waals surface area (Å²) in [6, 6.07) is 8.22. The first kappa shape index (κ1) is 29.1. The Morgan fingerprint density at radius 1 is 1.14 bits per heavy atom. The zero-order valence-corrected chi connectivity index (χ0v) is 24.2. The van der Waals surface area contributed by atoms with E-state index in [2.05, 4.69) is 21.2 Å². The molecule has 7 N–H and O–H groups in total. The molecular formula is C29H28BrN3O9. The van der Waals surface area contributed by atoms with Gasteiger partial charge in [0, 0.05) is 54.3 Å². The maximum absolute atomic E-state index is 13.8. The smallest absolute Gasteiger partial charge is 0.412 e. The summed E-state index contributed by atoms with van der Waals surface area (Å²) in [5.41, 5.74) is 2.75. The number of anilines is 1. The van der Waals surface area contributed by atoms with Gasteiger partial charge in [-0.1, -0.05) is 15.9 Å². The number of amides is 2. The Morgan fingerprint density at radius 3 is 2.43 bits per heavy atom. The Kier molecular flexibility index (Phi) is 7.27. The molecule has 5 rings (SSSR count). The van der Waals surface area contributed by atoms with Crippen LogP contribution < -0.4 is 20.7 Å². The number of nitrogens with one attached hydrogen (secondary N) is 1. The third-order valence-electron chi connectivity index (χ3n) is 8.05. The van der Waals surface area contributed by atoms with E-state index in [4.69, 9.17) is 10.5 Å². The largest absolute Gasteiger partial charge is 0.508 e. The van der Waals surface area contributed by atoms with Crippen LogP contribution in [0.3, 0.4) is 0 Å². The molecule has 1 saturated carbocycles. The molecule has 0 heterocycles. The maximum Gasteiger partial charge on any atom is 0.412 e. The predicted octanol–water partition coefficient (Wildman–Crippen LogP) is 2.54. The molecule has 2 amide bonds. The van der Waals surface area contributed by atoms with Crippen molar-refractivity contribution in [3.63, 3.8) is 0 Å². The van der Waals surface area contributed by atoms with Crippen LogP contribution in [0.25, 0.3) is 5.76 Å². The zero-order chi connectivity index (χ0) is 30.7. The van der Waals surface area contributed by atoms with Gasteiger partial charge in [0.25, 0.3) is 5.91 Å². The summed E-state index contributed by atoms with van der Waals surface area (Å²) < 4.78 is 6.06. The van der Waals surface area contributed by atoms with Crippen molar-refractivity contribution in [1.82, 2.24) is 5.32 Å². The summed E-state index contributed by atoms with van der Waals surface area (Å²) in [4.78, 5) is 52.3. The average Bonchev–Trinajstić information content (AvgIpc) is 2.91. The van der Waals surface area contributed by atoms with Gasteiger partial charge in [0.2, 0.25) is 5.78 Å². The Balaban J connectivity index is 1.54. The SMILES string of the molecule is CN(C)c1cc(CNC(=O)Oc2ccc(Br)cc2)c(O)c2c1CC1CC3CC(=O)C(C(N)=O)=C(O)C3(O)C(=O)C1=C2O. The number of hydrogen-bond acceptors (Lipinski definition) is 10. The number of phenols is 1. The van der Waals surface area contributed by atoms with Crippen molar-refractivity contribution in [3.8, 4) is 11.5 Å². The second-order valence-electron chi connectivity index (χ2n) is 10.8. The number of halogens is 1. The quantitative estimate of drug-likeness (QED) is 0.264. The van der Waals surface area contributed by atoms with Crippen LogP contribution in [-0.4, -0.2) is 63.7 Å². The molecule has 0 aromatic heterocycles. The highest BCUT2D eigenvalue weighted by molar-refractivity contribution is 9.10. The number of benzene rings is 2. The maximum atomic E-state index is 13.8. The second kappa shape index (κ2) is 10.5. The van der Waals surface area contributed by atoms with Gasteiger partial charge < -0.3 is 41.1 Å². The number of phenolic OH excluding ortho intramolecular Hbond substituents is 1. The molecule has 0 aliphatic heterocycles. The Labute approximate surface area is 248 Å². The molecule has 13 heteroatoms. The van der Waals surface area contributed by atoms with E-state index in [1.165, 1.54) is 0 Å². The summed E-state index contributed by atoms with van der Waals surface area (Å²) in [6.45, 7) is -0.199. The molecule has 3 aliphatic rings. The van der Waals surface area contributed by atoms with Crippen molar-refractivity contribution in [2.24, 2.45) is 17.6 Å². The van der Waals surface area contributed by atoms with Gasteiger partial charge >= 0.3 is 6.09 Å². The molecule has 42 heavy (non-hydrogen) atoms. The lowest BCUT2D eigenvalue weighted by atomic mass is 9.59. The fourth-order valence-electron chi connectivity index (χ4n) is 6.07. The molecule has 3 atom stereocenters. The number of ether oxygens (including phenoxy) is 1. The number of nitrogens with two attached hydrogens (primary N) is 1. The fourth-order valence-corrected chi connectivity index (χ4v) is 6.33. The Morgan fingerprint density at radius 2 is 1.81 bits per heavy atom. The first-order valence-corrected chi connectivity index (χ1v) is 13.8. The van der Waals surface area contributed by atoms with Gasteiger partial charge in [0.1, 0.15) is 28.6 Å². The van der Waals surface area contributed by atoms with Crippen LogP contribution in [0, 0.1) is 11.8 Å². The number of hydrogen-bond donors (Lipinski definition) is 6. The van der Waals surface area contributed by atoms with Gasteiger partial charge in [-0.25, -0.2) is 4.79 Å². The van der Waals surface area contributed by atoms with Crippen LogP contribution in [0.5, 0.6) is 11.5 Å². The number of primary amides is 1. The first-order chi connectivity index (χ1) is 19.7. The predicted molar refractivity (Wildman–Crippen MR) is 153 cm³/mol. The first-order valence-electron chi connectivity index (χ1n) is 13.0. The number of aliphatic hydroxyl groups is 3. The topological polar surface area (TPSA) is 200 Å². The van der Waals surface area contributed by atoms with Crippen molar-refractivity contribution in [2.45, 2.75) is 31.4 Å². The highest BCUT2D eigenvalue weighted by atomic mass is 79.9. The summed E-state index contributed by atoms with van der Waals surface area (Å²) >= 11 is 3.30. The number of fused-ring (bicyclic) bond motifs is 3. The summed E-state index contributed by atoms with van der Waals surface area (Å²) in [5, 5.41) is 47.4. The number of carbonyl (C=O) groups is 4. The molecule has 12 nitrogen and oxygen atoms in total. The van der Waals surface area contributed by atoms with Crippen LogP contribution >= 0.6 is 15.9 Å². The van der Waals surface area contributed by atoms with E-state index in [-0.39, 0.29) is 36.1 Å². The molecular weight excluding hydrogens is 614 g/mol. The van der Waals surface area contributed by atoms with E-state index in [1.54, 1.807) is 49.3 Å². The molecule has 3 unspecified atom stereocenters. The van der Waals surface area contributed by atoms with E-state index in [1.807, 2.05) is 0 Å². The van der Waals surface area contributed by atoms with E-state index < -0.39 is 70.3 Å². The molecule has 0 bridgehead atoms. The Hall–Kier alpha value is -4.36. The van der Waals surface area contributed by atoms with E-state index in [0.717, 1.165) is 4.47 Å². The number of aromatic hydroxyl groups is 1. The molecule has 0 spiro atoms. The minimum absolute atomic E-state index is 0.0295. The number of nitrogens with zero attached hydrogens (tertiary/aromatic N) is 1. The molecule has 1 fully saturated rings. The third kappa shape index (κ3) is 4.58. The zero-order valence-electron chi connectivity index (χ0n) is 22.6. The van der Waals surface area contributed by atoms with Gasteiger partial charge in [-0.15, -0.1) is 0 Å². The fraction of sp³-hybridized carbons (Fsp3) is 0.310. The van der Waals surface area contributed by atoms with Gasteiger partial charge in [-0.05, 0) is 54.7 Å². The highest BCUT2D eigenvalue weighted by Gasteiger charge is 2.60. The average molecular weight is 642 g/mol. The molecule has 220 valence electrons. The number of rotatable bonds is 5. The number of aliphatic hydroxyl groups excluding tert-OH is 2. The van der Waals surface area contributed by atoms with Crippen molar-refractivity contribution in [3.05, 3.63) is 68.4 Å². The molecule has 0 saturated heterocycles. The summed E-state index contributed by atoms with van der Waals surface area (Å²) in [5.74, 6) is -6.71. The van der Waals surface area contributed by atoms with Gasteiger partial charge in [-0.3, -0.25) is 14.4 Å². The van der Waals surface area contributed by atoms with E-state index >= 15 is 0 Å². The second-order valence-corrected chi connectivity index (χ2v) is 11.7. The minimum atomic E-state index is -2.65. The van der Waals surface area contributed by atoms with Crippen molar-refractivity contribution >= 4 is 50.9 Å². The van der Waals surface area contributed by atoms with Crippen LogP contribution in [0.2, 0.25) is 0 Å². The van der Waals surface area contributed by atoms with Crippen LogP contribution in [0.1, 0.15) is 29.5 Å². The van der Waals surface area contributed by atoms with Crippen LogP contribution in [0.4, 0.5) is 10.5 Å². The number of carbonyl (C=O) groups excluding carboxylic acids is 4. The van der Waals surface area contributed by atoms with E-state index in [0.29, 0.717) is 17.0 Å². The monoisotopic (exact) mass is 641 g/mol. The van der Waals surface area contributed by atoms with Crippen molar-refractivity contribution in [1.29, 1.82) is 0 Å². The minimum Gasteiger partial charge on any atom is -0.508 e. The van der Waals surface area contributed by atoms with Gasteiger partial charge in [-0.2, -0.15) is 0 Å². The van der Waals surface area contributed by atoms with Crippen LogP contribution in [0.15, 0.2) is 51.7 Å². The lowest BCUT2D eigenvalue weighted by Crippen LogP contribution is -2.58. The normalized spacial score (nSPS) is 23.1. The van der Waals surface area contributed by atoms with Crippen molar-refractivity contribution < 1.29 is 44.3 Å². The highest BCUT2D eigenvalue weighted by Crippen LogP contribution is 2.53. The molecule has 0 radical (unpaired) electrons. The number of ketones is 2. The lowest BCUT2D eigenvalue weighted by molar-refractivity contribution is -0.147. The van der Waals surface area contributed by atoms with E-state index in [9.17, 15) is 39.6 Å². The lowest BCUT2D eigenvalue weighted by Gasteiger charge is -2.46. The van der Waals surface area contributed by atoms with Gasteiger partial charge in [0.05, 0.1) is 5.56 Å². The third-order valence-corrected chi connectivity index (χ3v) is 8.58. The number of Topliss-reactive ketones (excluding diaryl/α,β-unsaturated/α-hetero) is 2. The van der Waals surface area contributed by atoms with Crippen LogP contribution in [-0.2, 0) is 27.3 Å². The standard InChI is InChI=1S/C29H28BrN3O9/c1-33(2)18-9-13(11-32-28(40)42-16-5-3-15(30)4-6-16)23(35)21-17(18)8-12-7-14-10-19(34)22(27(31)39)26(38)29(14,41)25(37)20(12)24(21)36/h3-6,9,12,14,35-36,38,41H,7-8,10-11H2,1-2H3,(H2,31,39)(H,32,40). The molecule has 2 aromatic carbocycles. The Bertz CT molecular complexity index is 1610.